The smallest absolute Gasteiger partial charge is 0.256 e. The van der Waals surface area contributed by atoms with Crippen LogP contribution >= 0.6 is 11.6 Å². The Morgan fingerprint density at radius 3 is 2.48 bits per heavy atom. The van der Waals surface area contributed by atoms with Crippen molar-refractivity contribution in [3.05, 3.63) is 69.9 Å². The van der Waals surface area contributed by atoms with Gasteiger partial charge in [-0.2, -0.15) is 0 Å². The molecule has 3 aromatic rings. The number of para-hydroxylation sites is 1. The van der Waals surface area contributed by atoms with Gasteiger partial charge < -0.3 is 4.42 Å². The van der Waals surface area contributed by atoms with Gasteiger partial charge in [0.1, 0.15) is 5.76 Å². The molecule has 0 amide bonds. The Balaban J connectivity index is 2.31. The van der Waals surface area contributed by atoms with Crippen LogP contribution in [-0.4, -0.2) is 5.24 Å². The highest BCUT2D eigenvalue weighted by Gasteiger charge is 2.13. The highest BCUT2D eigenvalue weighted by Crippen LogP contribution is 2.25. The lowest BCUT2D eigenvalue weighted by molar-refractivity contribution is 0.108. The lowest BCUT2D eigenvalue weighted by Crippen LogP contribution is -2.03. The zero-order valence-electron chi connectivity index (χ0n) is 11.2. The van der Waals surface area contributed by atoms with Crippen LogP contribution in [0.25, 0.3) is 22.3 Å². The van der Waals surface area contributed by atoms with Crippen molar-refractivity contribution in [2.75, 3.05) is 0 Å². The summed E-state index contributed by atoms with van der Waals surface area (Å²) < 4.78 is 5.76. The van der Waals surface area contributed by atoms with Crippen molar-refractivity contribution in [2.45, 2.75) is 6.92 Å². The highest BCUT2D eigenvalue weighted by atomic mass is 35.5. The number of carbonyl (C=O) groups is 1. The molecule has 0 aliphatic rings. The molecular formula is C17H11ClO3. The maximum Gasteiger partial charge on any atom is 0.256 e. The van der Waals surface area contributed by atoms with E-state index in [-0.39, 0.29) is 16.6 Å². The Labute approximate surface area is 125 Å². The molecule has 0 unspecified atom stereocenters. The van der Waals surface area contributed by atoms with Crippen LogP contribution in [0.4, 0.5) is 0 Å². The molecule has 0 atom stereocenters. The number of aryl methyl sites for hydroxylation is 1. The normalized spacial score (nSPS) is 10.8. The third-order valence-corrected chi connectivity index (χ3v) is 3.51. The lowest BCUT2D eigenvalue weighted by atomic mass is 10.1. The second kappa shape index (κ2) is 5.19. The van der Waals surface area contributed by atoms with Gasteiger partial charge in [-0.1, -0.05) is 35.9 Å². The quantitative estimate of drug-likeness (QED) is 0.668. The van der Waals surface area contributed by atoms with Crippen LogP contribution in [0, 0.1) is 6.92 Å². The van der Waals surface area contributed by atoms with E-state index in [4.69, 9.17) is 16.0 Å². The molecule has 3 rings (SSSR count). The van der Waals surface area contributed by atoms with Gasteiger partial charge in [0.25, 0.3) is 5.24 Å². The van der Waals surface area contributed by atoms with Gasteiger partial charge in [-0.05, 0) is 30.7 Å². The number of rotatable bonds is 2. The molecule has 21 heavy (non-hydrogen) atoms. The van der Waals surface area contributed by atoms with Gasteiger partial charge in [-0.25, -0.2) is 0 Å². The summed E-state index contributed by atoms with van der Waals surface area (Å²) in [4.78, 5) is 23.7. The predicted molar refractivity (Wildman–Crippen MR) is 82.8 cm³/mol. The summed E-state index contributed by atoms with van der Waals surface area (Å²) in [5.41, 5.74) is 2.10. The molecule has 3 nitrogen and oxygen atoms in total. The fraction of sp³-hybridized carbons (Fsp3) is 0.0588. The first-order chi connectivity index (χ1) is 10.1. The summed E-state index contributed by atoms with van der Waals surface area (Å²) in [5.74, 6) is 0.415. The van der Waals surface area contributed by atoms with E-state index in [1.54, 1.807) is 18.2 Å². The summed E-state index contributed by atoms with van der Waals surface area (Å²) in [6, 6.07) is 13.8. The van der Waals surface area contributed by atoms with E-state index in [0.717, 1.165) is 11.1 Å². The molecule has 0 fully saturated rings. The Kier molecular flexibility index (Phi) is 3.35. The molecule has 1 heterocycles. The van der Waals surface area contributed by atoms with Gasteiger partial charge in [-0.3, -0.25) is 9.59 Å². The van der Waals surface area contributed by atoms with E-state index in [0.29, 0.717) is 11.1 Å². The maximum atomic E-state index is 12.2. The topological polar surface area (TPSA) is 47.3 Å². The standard InChI is InChI=1S/C17H11ClO3/c1-10-5-7-11(8-6-10)15-9-14(19)12-3-2-4-13(17(18)20)16(12)21-15/h2-9H,1H3. The number of carbonyl (C=O) groups excluding carboxylic acids is 1. The summed E-state index contributed by atoms with van der Waals surface area (Å²) in [6.45, 7) is 1.98. The Morgan fingerprint density at radius 1 is 1.10 bits per heavy atom. The largest absolute Gasteiger partial charge is 0.455 e. The first-order valence-electron chi connectivity index (χ1n) is 6.40. The molecule has 0 bridgehead atoms. The molecule has 0 saturated heterocycles. The lowest BCUT2D eigenvalue weighted by Gasteiger charge is -2.05. The second-order valence-electron chi connectivity index (χ2n) is 4.80. The van der Waals surface area contributed by atoms with Gasteiger partial charge in [-0.15, -0.1) is 0 Å². The molecule has 2 aromatic carbocycles. The first kappa shape index (κ1) is 13.6. The molecule has 0 aliphatic carbocycles. The SMILES string of the molecule is Cc1ccc(-c2cc(=O)c3cccc(C(=O)Cl)c3o2)cc1. The minimum absolute atomic E-state index is 0.195. The Morgan fingerprint density at radius 2 is 1.81 bits per heavy atom. The van der Waals surface area contributed by atoms with Gasteiger partial charge in [0.05, 0.1) is 10.9 Å². The van der Waals surface area contributed by atoms with Gasteiger partial charge in [0, 0.05) is 11.6 Å². The minimum Gasteiger partial charge on any atom is -0.455 e. The van der Waals surface area contributed by atoms with Crippen LogP contribution < -0.4 is 5.43 Å². The number of benzene rings is 2. The molecule has 0 radical (unpaired) electrons. The van der Waals surface area contributed by atoms with Crippen molar-refractivity contribution in [2.24, 2.45) is 0 Å². The van der Waals surface area contributed by atoms with Crippen molar-refractivity contribution in [1.82, 2.24) is 0 Å². The summed E-state index contributed by atoms with van der Waals surface area (Å²) in [7, 11) is 0. The van der Waals surface area contributed by atoms with E-state index in [9.17, 15) is 9.59 Å². The van der Waals surface area contributed by atoms with Crippen LogP contribution in [0.2, 0.25) is 0 Å². The van der Waals surface area contributed by atoms with Gasteiger partial charge in [0.15, 0.2) is 11.0 Å². The summed E-state index contributed by atoms with van der Waals surface area (Å²) in [6.07, 6.45) is 0. The van der Waals surface area contributed by atoms with Crippen LogP contribution in [0.15, 0.2) is 57.7 Å². The van der Waals surface area contributed by atoms with Gasteiger partial charge >= 0.3 is 0 Å². The molecule has 0 spiro atoms. The van der Waals surface area contributed by atoms with Crippen molar-refractivity contribution >= 4 is 27.8 Å². The number of hydrogen-bond donors (Lipinski definition) is 0. The average molecular weight is 299 g/mol. The van der Waals surface area contributed by atoms with Crippen LogP contribution in [0.1, 0.15) is 15.9 Å². The number of fused-ring (bicyclic) bond motifs is 1. The Bertz CT molecular complexity index is 892. The summed E-state index contributed by atoms with van der Waals surface area (Å²) in [5, 5.41) is -0.304. The molecule has 104 valence electrons. The number of halogens is 1. The Hall–Kier alpha value is -2.39. The molecule has 0 saturated carbocycles. The van der Waals surface area contributed by atoms with E-state index in [1.807, 2.05) is 31.2 Å². The van der Waals surface area contributed by atoms with E-state index < -0.39 is 5.24 Å². The van der Waals surface area contributed by atoms with Crippen molar-refractivity contribution in [1.29, 1.82) is 0 Å². The first-order valence-corrected chi connectivity index (χ1v) is 6.78. The summed E-state index contributed by atoms with van der Waals surface area (Å²) >= 11 is 5.55. The maximum absolute atomic E-state index is 12.2. The van der Waals surface area contributed by atoms with E-state index in [2.05, 4.69) is 0 Å². The third kappa shape index (κ3) is 2.48. The molecule has 0 N–H and O–H groups in total. The third-order valence-electron chi connectivity index (χ3n) is 3.30. The molecule has 0 aliphatic heterocycles. The van der Waals surface area contributed by atoms with E-state index in [1.165, 1.54) is 6.07 Å². The fourth-order valence-corrected chi connectivity index (χ4v) is 2.34. The van der Waals surface area contributed by atoms with Crippen molar-refractivity contribution in [3.63, 3.8) is 0 Å². The fourth-order valence-electron chi connectivity index (χ4n) is 2.19. The van der Waals surface area contributed by atoms with Crippen LogP contribution in [0.3, 0.4) is 0 Å². The van der Waals surface area contributed by atoms with Crippen LogP contribution in [0.5, 0.6) is 0 Å². The van der Waals surface area contributed by atoms with Gasteiger partial charge in [0.2, 0.25) is 0 Å². The van der Waals surface area contributed by atoms with Crippen molar-refractivity contribution < 1.29 is 9.21 Å². The molecule has 4 heteroatoms. The predicted octanol–water partition coefficient (Wildman–Crippen LogP) is 4.15. The highest BCUT2D eigenvalue weighted by molar-refractivity contribution is 6.68. The average Bonchev–Trinajstić information content (AvgIpc) is 2.47. The monoisotopic (exact) mass is 298 g/mol. The molecule has 1 aromatic heterocycles. The zero-order chi connectivity index (χ0) is 15.0. The van der Waals surface area contributed by atoms with Crippen molar-refractivity contribution in [3.8, 4) is 11.3 Å². The van der Waals surface area contributed by atoms with E-state index >= 15 is 0 Å². The molecular weight excluding hydrogens is 288 g/mol. The second-order valence-corrected chi connectivity index (χ2v) is 5.14. The number of hydrogen-bond acceptors (Lipinski definition) is 3. The zero-order valence-corrected chi connectivity index (χ0v) is 12.0. The minimum atomic E-state index is -0.648. The van der Waals surface area contributed by atoms with Crippen LogP contribution in [-0.2, 0) is 0 Å².